The molecule has 0 saturated heterocycles. The maximum Gasteiger partial charge on any atom is 0.335 e. The lowest BCUT2D eigenvalue weighted by atomic mass is 9.83. The zero-order valence-electron chi connectivity index (χ0n) is 12.7. The molecule has 2 aromatic rings. The number of aromatic carboxylic acids is 1. The molecule has 3 rings (SSSR count). The Morgan fingerprint density at radius 2 is 2.19 bits per heavy atom. The van der Waals surface area contributed by atoms with Crippen molar-refractivity contribution in [2.24, 2.45) is 5.92 Å². The fourth-order valence-corrected chi connectivity index (χ4v) is 3.04. The first-order valence-electron chi connectivity index (χ1n) is 7.79. The Morgan fingerprint density at radius 3 is 2.76 bits per heavy atom. The Morgan fingerprint density at radius 1 is 1.43 bits per heavy atom. The molecule has 1 aromatic carbocycles. The van der Waals surface area contributed by atoms with Crippen molar-refractivity contribution in [2.75, 3.05) is 0 Å². The lowest BCUT2D eigenvalue weighted by Crippen LogP contribution is -2.15. The summed E-state index contributed by atoms with van der Waals surface area (Å²) in [7, 11) is 0. The number of hydrogen-bond donors (Lipinski definition) is 1. The van der Waals surface area contributed by atoms with Crippen LogP contribution < -0.4 is 0 Å². The molecule has 1 aromatic heterocycles. The first-order valence-corrected chi connectivity index (χ1v) is 7.79. The molecule has 112 valence electrons. The number of fused-ring (bicyclic) bond motifs is 1. The molecule has 0 unspecified atom stereocenters. The van der Waals surface area contributed by atoms with Crippen molar-refractivity contribution in [1.29, 1.82) is 0 Å². The van der Waals surface area contributed by atoms with Gasteiger partial charge in [0.15, 0.2) is 0 Å². The molecule has 4 nitrogen and oxygen atoms in total. The number of nitrogens with zero attached hydrogens (tertiary/aromatic N) is 2. The molecule has 1 saturated carbocycles. The van der Waals surface area contributed by atoms with E-state index in [2.05, 4.69) is 18.4 Å². The number of aryl methyl sites for hydroxylation is 1. The summed E-state index contributed by atoms with van der Waals surface area (Å²) in [5, 5.41) is 9.19. The molecule has 21 heavy (non-hydrogen) atoms. The smallest absolute Gasteiger partial charge is 0.335 e. The lowest BCUT2D eigenvalue weighted by Gasteiger charge is -2.26. The van der Waals surface area contributed by atoms with E-state index in [9.17, 15) is 9.90 Å². The molecular formula is C17H22N2O2. The van der Waals surface area contributed by atoms with E-state index in [0.29, 0.717) is 11.5 Å². The minimum Gasteiger partial charge on any atom is -0.478 e. The third kappa shape index (κ3) is 2.67. The van der Waals surface area contributed by atoms with Gasteiger partial charge >= 0.3 is 5.97 Å². The van der Waals surface area contributed by atoms with Gasteiger partial charge in [-0.3, -0.25) is 0 Å². The quantitative estimate of drug-likeness (QED) is 0.902. The molecule has 4 heteroatoms. The van der Waals surface area contributed by atoms with Crippen molar-refractivity contribution in [2.45, 2.75) is 52.0 Å². The number of imidazole rings is 1. The zero-order chi connectivity index (χ0) is 15.0. The Labute approximate surface area is 124 Å². The molecule has 0 amide bonds. The van der Waals surface area contributed by atoms with Gasteiger partial charge < -0.3 is 9.67 Å². The summed E-state index contributed by atoms with van der Waals surface area (Å²) >= 11 is 0. The first-order chi connectivity index (χ1) is 10.1. The molecule has 0 spiro atoms. The number of carboxylic acid groups (broad SMARTS) is 1. The van der Waals surface area contributed by atoms with Crippen LogP contribution >= 0.6 is 0 Å². The molecule has 0 bridgehead atoms. The molecule has 0 atom stereocenters. The Bertz CT molecular complexity index is 669. The van der Waals surface area contributed by atoms with Crippen LogP contribution in [-0.4, -0.2) is 20.6 Å². The number of carboxylic acids is 1. The van der Waals surface area contributed by atoms with E-state index in [1.165, 1.54) is 25.7 Å². The van der Waals surface area contributed by atoms with Gasteiger partial charge in [-0.25, -0.2) is 9.78 Å². The van der Waals surface area contributed by atoms with E-state index >= 15 is 0 Å². The highest BCUT2D eigenvalue weighted by molar-refractivity contribution is 5.92. The fraction of sp³-hybridized carbons (Fsp3) is 0.529. The topological polar surface area (TPSA) is 55.1 Å². The Hall–Kier alpha value is -1.84. The van der Waals surface area contributed by atoms with Crippen LogP contribution in [0.2, 0.25) is 0 Å². The van der Waals surface area contributed by atoms with Crippen LogP contribution in [0.25, 0.3) is 11.0 Å². The minimum absolute atomic E-state index is 0.336. The first kappa shape index (κ1) is 14.1. The number of carbonyl (C=O) groups is 1. The number of aromatic nitrogens is 2. The Kier molecular flexibility index (Phi) is 3.70. The summed E-state index contributed by atoms with van der Waals surface area (Å²) in [4.78, 5) is 15.9. The summed E-state index contributed by atoms with van der Waals surface area (Å²) in [6, 6.07) is 5.22. The minimum atomic E-state index is -0.880. The maximum absolute atomic E-state index is 11.2. The molecule has 1 heterocycles. The molecule has 1 fully saturated rings. The average molecular weight is 286 g/mol. The van der Waals surface area contributed by atoms with Crippen molar-refractivity contribution in [3.63, 3.8) is 0 Å². The van der Waals surface area contributed by atoms with Crippen LogP contribution in [-0.2, 0) is 6.54 Å². The van der Waals surface area contributed by atoms with Gasteiger partial charge in [-0.15, -0.1) is 0 Å². The average Bonchev–Trinajstić information content (AvgIpc) is 2.75. The largest absolute Gasteiger partial charge is 0.478 e. The number of hydrogen-bond acceptors (Lipinski definition) is 2. The van der Waals surface area contributed by atoms with Gasteiger partial charge in [0.2, 0.25) is 0 Å². The second kappa shape index (κ2) is 5.51. The van der Waals surface area contributed by atoms with Crippen LogP contribution in [0, 0.1) is 5.92 Å². The van der Waals surface area contributed by atoms with Gasteiger partial charge in [0.25, 0.3) is 0 Å². The van der Waals surface area contributed by atoms with Crippen molar-refractivity contribution in [3.8, 4) is 0 Å². The van der Waals surface area contributed by atoms with Gasteiger partial charge in [-0.2, -0.15) is 0 Å². The highest BCUT2D eigenvalue weighted by Gasteiger charge is 2.20. The fourth-order valence-electron chi connectivity index (χ4n) is 3.04. The second-order valence-corrected chi connectivity index (χ2v) is 6.37. The van der Waals surface area contributed by atoms with Crippen LogP contribution in [0.5, 0.6) is 0 Å². The highest BCUT2D eigenvalue weighted by Crippen LogP contribution is 2.31. The molecule has 0 radical (unpaired) electrons. The van der Waals surface area contributed by atoms with Crippen molar-refractivity contribution < 1.29 is 9.90 Å². The van der Waals surface area contributed by atoms with E-state index in [4.69, 9.17) is 4.98 Å². The van der Waals surface area contributed by atoms with Crippen LogP contribution in [0.1, 0.15) is 61.6 Å². The summed E-state index contributed by atoms with van der Waals surface area (Å²) in [6.45, 7) is 5.22. The third-order valence-corrected chi connectivity index (χ3v) is 4.53. The van der Waals surface area contributed by atoms with E-state index in [0.717, 1.165) is 29.3 Å². The summed E-state index contributed by atoms with van der Waals surface area (Å²) in [5.74, 6) is 1.36. The van der Waals surface area contributed by atoms with Crippen molar-refractivity contribution in [1.82, 2.24) is 9.55 Å². The molecular weight excluding hydrogens is 264 g/mol. The van der Waals surface area contributed by atoms with Gasteiger partial charge in [0, 0.05) is 12.5 Å². The van der Waals surface area contributed by atoms with E-state index in [1.54, 1.807) is 12.1 Å². The third-order valence-electron chi connectivity index (χ3n) is 4.53. The van der Waals surface area contributed by atoms with Crippen LogP contribution in [0.15, 0.2) is 18.2 Å². The van der Waals surface area contributed by atoms with Crippen LogP contribution in [0.3, 0.4) is 0 Å². The molecule has 1 aliphatic rings. The van der Waals surface area contributed by atoms with Gasteiger partial charge in [-0.05, 0) is 30.5 Å². The van der Waals surface area contributed by atoms with Gasteiger partial charge in [-0.1, -0.05) is 33.1 Å². The summed E-state index contributed by atoms with van der Waals surface area (Å²) in [6.07, 6.45) is 5.20. The lowest BCUT2D eigenvalue weighted by molar-refractivity contribution is 0.0697. The predicted octanol–water partition coefficient (Wildman–Crippen LogP) is 4.05. The maximum atomic E-state index is 11.2. The highest BCUT2D eigenvalue weighted by atomic mass is 16.4. The van der Waals surface area contributed by atoms with Crippen LogP contribution in [0.4, 0.5) is 0 Å². The van der Waals surface area contributed by atoms with Gasteiger partial charge in [0.1, 0.15) is 5.82 Å². The predicted molar refractivity (Wildman–Crippen MR) is 82.7 cm³/mol. The Balaban J connectivity index is 2.00. The molecule has 1 aliphatic carbocycles. The van der Waals surface area contributed by atoms with Crippen molar-refractivity contribution in [3.05, 3.63) is 29.6 Å². The normalized spacial score (nSPS) is 15.6. The number of benzene rings is 1. The van der Waals surface area contributed by atoms with Crippen molar-refractivity contribution >= 4 is 17.0 Å². The molecule has 1 N–H and O–H groups in total. The second-order valence-electron chi connectivity index (χ2n) is 6.37. The zero-order valence-corrected chi connectivity index (χ0v) is 12.7. The summed E-state index contributed by atoms with van der Waals surface area (Å²) < 4.78 is 2.23. The van der Waals surface area contributed by atoms with E-state index in [1.807, 2.05) is 6.07 Å². The van der Waals surface area contributed by atoms with Gasteiger partial charge in [0.05, 0.1) is 16.6 Å². The number of rotatable bonds is 5. The molecule has 0 aliphatic heterocycles. The standard InChI is InChI=1S/C17H22N2O2/c1-11(2)16-18-14-7-6-13(17(20)21)10-15(14)19(16)9-8-12-4-3-5-12/h6-7,10-12H,3-5,8-9H2,1-2H3,(H,20,21). The van der Waals surface area contributed by atoms with E-state index < -0.39 is 5.97 Å². The monoisotopic (exact) mass is 286 g/mol. The van der Waals surface area contributed by atoms with E-state index in [-0.39, 0.29) is 0 Å². The SMILES string of the molecule is CC(C)c1nc2ccc(C(=O)O)cc2n1CCC1CCC1. The summed E-state index contributed by atoms with van der Waals surface area (Å²) in [5.41, 5.74) is 2.19.